The first-order valence-corrected chi connectivity index (χ1v) is 8.46. The highest BCUT2D eigenvalue weighted by molar-refractivity contribution is 7.89. The topological polar surface area (TPSA) is 111 Å². The van der Waals surface area contributed by atoms with E-state index >= 15 is 0 Å². The number of nitrogens with one attached hydrogen (secondary N) is 1. The van der Waals surface area contributed by atoms with Gasteiger partial charge >= 0.3 is 5.97 Å². The lowest BCUT2D eigenvalue weighted by molar-refractivity contribution is 0.0692. The van der Waals surface area contributed by atoms with Crippen LogP contribution in [0.3, 0.4) is 0 Å². The van der Waals surface area contributed by atoms with Crippen LogP contribution in [0.2, 0.25) is 0 Å². The molecule has 1 aliphatic heterocycles. The summed E-state index contributed by atoms with van der Waals surface area (Å²) in [6.07, 6.45) is 1.43. The molecule has 1 aromatic rings. The van der Waals surface area contributed by atoms with Gasteiger partial charge in [-0.15, -0.1) is 0 Å². The molecule has 2 N–H and O–H groups in total. The van der Waals surface area contributed by atoms with Crippen LogP contribution in [0.15, 0.2) is 17.0 Å². The number of carbonyl (C=O) groups is 1. The first kappa shape index (κ1) is 17.5. The van der Waals surface area contributed by atoms with Crippen molar-refractivity contribution in [3.8, 4) is 11.5 Å². The van der Waals surface area contributed by atoms with E-state index in [0.29, 0.717) is 13.0 Å². The van der Waals surface area contributed by atoms with Crippen molar-refractivity contribution in [1.82, 2.24) is 4.72 Å². The van der Waals surface area contributed by atoms with E-state index in [9.17, 15) is 18.3 Å². The maximum atomic E-state index is 12.5. The van der Waals surface area contributed by atoms with E-state index in [4.69, 9.17) is 14.2 Å². The molecule has 0 spiro atoms. The molecule has 8 nitrogen and oxygen atoms in total. The molecule has 0 saturated carbocycles. The van der Waals surface area contributed by atoms with Crippen LogP contribution in [0.25, 0.3) is 0 Å². The van der Waals surface area contributed by atoms with E-state index in [1.54, 1.807) is 0 Å². The predicted octanol–water partition coefficient (Wildman–Crippen LogP) is 0.859. The molecule has 9 heteroatoms. The molecule has 1 saturated heterocycles. The van der Waals surface area contributed by atoms with E-state index in [2.05, 4.69) is 4.72 Å². The molecule has 0 amide bonds. The summed E-state index contributed by atoms with van der Waals surface area (Å²) in [6, 6.07) is 1.95. The van der Waals surface area contributed by atoms with Gasteiger partial charge in [0.2, 0.25) is 10.0 Å². The average molecular weight is 345 g/mol. The average Bonchev–Trinajstić information content (AvgIpc) is 2.53. The summed E-state index contributed by atoms with van der Waals surface area (Å²) >= 11 is 0. The molecule has 1 atom stereocenters. The zero-order valence-electron chi connectivity index (χ0n) is 12.9. The van der Waals surface area contributed by atoms with Gasteiger partial charge in [0.05, 0.1) is 25.7 Å². The van der Waals surface area contributed by atoms with Crippen LogP contribution >= 0.6 is 0 Å². The second kappa shape index (κ2) is 7.16. The maximum absolute atomic E-state index is 12.5. The Hall–Kier alpha value is -1.84. The quantitative estimate of drug-likeness (QED) is 0.786. The van der Waals surface area contributed by atoms with Crippen molar-refractivity contribution in [2.24, 2.45) is 0 Å². The molecule has 1 fully saturated rings. The number of hydrogen-bond donors (Lipinski definition) is 2. The van der Waals surface area contributed by atoms with Gasteiger partial charge in [-0.3, -0.25) is 0 Å². The Morgan fingerprint density at radius 2 is 2.09 bits per heavy atom. The molecule has 0 bridgehead atoms. The summed E-state index contributed by atoms with van der Waals surface area (Å²) in [6.45, 7) is 0.899. The third-order valence-corrected chi connectivity index (χ3v) is 4.98. The Morgan fingerprint density at radius 3 is 2.61 bits per heavy atom. The van der Waals surface area contributed by atoms with Crippen LogP contribution in [-0.2, 0) is 14.8 Å². The van der Waals surface area contributed by atoms with Crippen molar-refractivity contribution in [2.45, 2.75) is 23.8 Å². The van der Waals surface area contributed by atoms with Gasteiger partial charge in [0.1, 0.15) is 5.56 Å². The number of ether oxygens (including phenoxy) is 3. The molecule has 128 valence electrons. The highest BCUT2D eigenvalue weighted by Crippen LogP contribution is 2.34. The number of rotatable bonds is 6. The van der Waals surface area contributed by atoms with Crippen LogP contribution < -0.4 is 14.2 Å². The van der Waals surface area contributed by atoms with Gasteiger partial charge in [0.25, 0.3) is 0 Å². The van der Waals surface area contributed by atoms with Gasteiger partial charge in [0.15, 0.2) is 11.5 Å². The van der Waals surface area contributed by atoms with Crippen molar-refractivity contribution >= 4 is 16.0 Å². The number of hydrogen-bond acceptors (Lipinski definition) is 6. The summed E-state index contributed by atoms with van der Waals surface area (Å²) in [5.74, 6) is -1.30. The molecule has 0 aliphatic carbocycles. The third kappa shape index (κ3) is 3.92. The summed E-state index contributed by atoms with van der Waals surface area (Å²) < 4.78 is 42.8. The Balaban J connectivity index is 2.41. The van der Waals surface area contributed by atoms with Gasteiger partial charge in [-0.2, -0.15) is 0 Å². The minimum Gasteiger partial charge on any atom is -0.493 e. The standard InChI is InChI=1S/C14H19NO7S/c1-20-12-7-10(6-11(14(16)17)13(12)21-2)23(18,19)15-9-4-3-5-22-8-9/h6-7,9,15H,3-5,8H2,1-2H3,(H,16,17). The number of sulfonamides is 1. The fraction of sp³-hybridized carbons (Fsp3) is 0.500. The maximum Gasteiger partial charge on any atom is 0.339 e. The minimum absolute atomic E-state index is 0.0278. The third-order valence-electron chi connectivity index (χ3n) is 3.48. The molecule has 0 radical (unpaired) electrons. The number of carboxylic acid groups (broad SMARTS) is 1. The van der Waals surface area contributed by atoms with Crippen molar-refractivity contribution in [1.29, 1.82) is 0 Å². The largest absolute Gasteiger partial charge is 0.493 e. The molecular formula is C14H19NO7S. The normalized spacial score (nSPS) is 18.4. The minimum atomic E-state index is -3.90. The lowest BCUT2D eigenvalue weighted by Crippen LogP contribution is -2.40. The summed E-state index contributed by atoms with van der Waals surface area (Å²) in [4.78, 5) is 11.2. The van der Waals surface area contributed by atoms with Gasteiger partial charge in [-0.25, -0.2) is 17.9 Å². The van der Waals surface area contributed by atoms with Crippen LogP contribution in [0, 0.1) is 0 Å². The summed E-state index contributed by atoms with van der Waals surface area (Å²) in [5.41, 5.74) is -0.285. The van der Waals surface area contributed by atoms with Crippen molar-refractivity contribution in [3.63, 3.8) is 0 Å². The van der Waals surface area contributed by atoms with E-state index in [1.165, 1.54) is 20.3 Å². The Morgan fingerprint density at radius 1 is 1.35 bits per heavy atom. The van der Waals surface area contributed by atoms with Crippen molar-refractivity contribution in [2.75, 3.05) is 27.4 Å². The molecule has 0 aromatic heterocycles. The SMILES string of the molecule is COc1cc(S(=O)(=O)NC2CCCOC2)cc(C(=O)O)c1OC. The van der Waals surface area contributed by atoms with Gasteiger partial charge in [0, 0.05) is 18.7 Å². The second-order valence-electron chi connectivity index (χ2n) is 5.05. The Bertz CT molecular complexity index is 681. The van der Waals surface area contributed by atoms with Crippen molar-refractivity contribution in [3.05, 3.63) is 17.7 Å². The van der Waals surface area contributed by atoms with Crippen LogP contribution in [0.1, 0.15) is 23.2 Å². The highest BCUT2D eigenvalue weighted by Gasteiger charge is 2.26. The van der Waals surface area contributed by atoms with Crippen molar-refractivity contribution < 1.29 is 32.5 Å². The number of methoxy groups -OCH3 is 2. The predicted molar refractivity (Wildman–Crippen MR) is 80.7 cm³/mol. The fourth-order valence-corrected chi connectivity index (χ4v) is 3.67. The second-order valence-corrected chi connectivity index (χ2v) is 6.76. The first-order chi connectivity index (χ1) is 10.9. The van der Waals surface area contributed by atoms with Crippen LogP contribution in [0.5, 0.6) is 11.5 Å². The van der Waals surface area contributed by atoms with Gasteiger partial charge < -0.3 is 19.3 Å². The monoisotopic (exact) mass is 345 g/mol. The van der Waals surface area contributed by atoms with E-state index in [1.807, 2.05) is 0 Å². The molecule has 1 unspecified atom stereocenters. The number of benzene rings is 1. The highest BCUT2D eigenvalue weighted by atomic mass is 32.2. The molecule has 1 aliphatic rings. The lowest BCUT2D eigenvalue weighted by Gasteiger charge is -2.23. The molecular weight excluding hydrogens is 326 g/mol. The lowest BCUT2D eigenvalue weighted by atomic mass is 10.1. The Labute approximate surface area is 134 Å². The summed E-state index contributed by atoms with van der Waals surface area (Å²) in [5, 5.41) is 9.26. The Kier molecular flexibility index (Phi) is 5.45. The van der Waals surface area contributed by atoms with Crippen LogP contribution in [0.4, 0.5) is 0 Å². The van der Waals surface area contributed by atoms with E-state index < -0.39 is 16.0 Å². The van der Waals surface area contributed by atoms with Gasteiger partial charge in [-0.05, 0) is 18.9 Å². The van der Waals surface area contributed by atoms with Gasteiger partial charge in [-0.1, -0.05) is 0 Å². The fourth-order valence-electron chi connectivity index (χ4n) is 2.37. The zero-order chi connectivity index (χ0) is 17.0. The smallest absolute Gasteiger partial charge is 0.339 e. The molecule has 2 rings (SSSR count). The molecule has 1 aromatic carbocycles. The number of aromatic carboxylic acids is 1. The zero-order valence-corrected chi connectivity index (χ0v) is 13.7. The van der Waals surface area contributed by atoms with Crippen LogP contribution in [-0.4, -0.2) is 53.0 Å². The van der Waals surface area contributed by atoms with E-state index in [-0.39, 0.29) is 34.6 Å². The first-order valence-electron chi connectivity index (χ1n) is 6.98. The molecule has 23 heavy (non-hydrogen) atoms. The van der Waals surface area contributed by atoms with E-state index in [0.717, 1.165) is 12.5 Å². The molecule has 1 heterocycles. The number of carboxylic acids is 1. The summed E-state index contributed by atoms with van der Waals surface area (Å²) in [7, 11) is -1.31.